The molecule has 0 radical (unpaired) electrons. The molecule has 0 aromatic heterocycles. The first kappa shape index (κ1) is 15.9. The van der Waals surface area contributed by atoms with Gasteiger partial charge >= 0.3 is 0 Å². The Hall–Kier alpha value is -1.55. The van der Waals surface area contributed by atoms with Crippen molar-refractivity contribution in [2.45, 2.75) is 62.4 Å². The van der Waals surface area contributed by atoms with Gasteiger partial charge in [0.2, 0.25) is 11.8 Å². The summed E-state index contributed by atoms with van der Waals surface area (Å²) in [5, 5.41) is 3.73. The summed E-state index contributed by atoms with van der Waals surface area (Å²) < 4.78 is 0. The van der Waals surface area contributed by atoms with E-state index in [0.717, 1.165) is 50.5 Å². The molecule has 5 heteroatoms. The van der Waals surface area contributed by atoms with Gasteiger partial charge in [-0.1, -0.05) is 30.2 Å². The van der Waals surface area contributed by atoms with Crippen LogP contribution in [-0.4, -0.2) is 35.3 Å². The molecule has 2 aliphatic carbocycles. The molecule has 3 fully saturated rings. The highest BCUT2D eigenvalue weighted by molar-refractivity contribution is 6.30. The predicted molar refractivity (Wildman–Crippen MR) is 92.9 cm³/mol. The highest BCUT2D eigenvalue weighted by atomic mass is 35.5. The molecule has 1 N–H and O–H groups in total. The largest absolute Gasteiger partial charge is 0.352 e. The lowest BCUT2D eigenvalue weighted by molar-refractivity contribution is -0.146. The summed E-state index contributed by atoms with van der Waals surface area (Å²) in [5.74, 6) is 0.147. The van der Waals surface area contributed by atoms with Gasteiger partial charge in [-0.05, 0) is 56.2 Å². The average molecular weight is 347 g/mol. The van der Waals surface area contributed by atoms with E-state index in [9.17, 15) is 9.59 Å². The summed E-state index contributed by atoms with van der Waals surface area (Å²) in [4.78, 5) is 27.7. The minimum atomic E-state index is -0.479. The van der Waals surface area contributed by atoms with Crippen molar-refractivity contribution in [3.05, 3.63) is 34.9 Å². The summed E-state index contributed by atoms with van der Waals surface area (Å²) in [6, 6.07) is 7.69. The molecular formula is C19H23ClN2O2. The quantitative estimate of drug-likeness (QED) is 0.911. The van der Waals surface area contributed by atoms with Gasteiger partial charge in [-0.15, -0.1) is 0 Å². The van der Waals surface area contributed by atoms with E-state index >= 15 is 0 Å². The van der Waals surface area contributed by atoms with Crippen LogP contribution in [-0.2, 0) is 15.0 Å². The van der Waals surface area contributed by atoms with E-state index in [1.807, 2.05) is 29.2 Å². The molecule has 24 heavy (non-hydrogen) atoms. The third-order valence-corrected chi connectivity index (χ3v) is 5.97. The van der Waals surface area contributed by atoms with Crippen LogP contribution in [0.5, 0.6) is 0 Å². The second kappa shape index (κ2) is 6.07. The smallest absolute Gasteiger partial charge is 0.243 e. The Morgan fingerprint density at radius 2 is 1.96 bits per heavy atom. The van der Waals surface area contributed by atoms with Gasteiger partial charge in [-0.3, -0.25) is 9.59 Å². The highest BCUT2D eigenvalue weighted by Crippen LogP contribution is 2.46. The SMILES string of the molecule is O=C(NC1CC1)C1CCCN1C(=O)C1(c2cccc(Cl)c2)CCC1. The van der Waals surface area contributed by atoms with E-state index < -0.39 is 5.41 Å². The first-order chi connectivity index (χ1) is 11.6. The molecule has 1 aromatic carbocycles. The van der Waals surface area contributed by atoms with Gasteiger partial charge in [-0.25, -0.2) is 0 Å². The molecule has 3 aliphatic rings. The molecule has 1 heterocycles. The summed E-state index contributed by atoms with van der Waals surface area (Å²) in [5.41, 5.74) is 0.521. The van der Waals surface area contributed by atoms with E-state index in [4.69, 9.17) is 11.6 Å². The van der Waals surface area contributed by atoms with Crippen molar-refractivity contribution in [1.29, 1.82) is 0 Å². The first-order valence-electron chi connectivity index (χ1n) is 8.98. The van der Waals surface area contributed by atoms with Crippen LogP contribution in [0.25, 0.3) is 0 Å². The lowest BCUT2D eigenvalue weighted by atomic mass is 9.63. The standard InChI is InChI=1S/C19H23ClN2O2/c20-14-5-1-4-13(12-14)19(9-3-10-19)18(24)22-11-2-6-16(22)17(23)21-15-7-8-15/h1,4-5,12,15-16H,2-3,6-11H2,(H,21,23). The van der Waals surface area contributed by atoms with Gasteiger partial charge in [0.1, 0.15) is 6.04 Å². The van der Waals surface area contributed by atoms with Crippen molar-refractivity contribution in [3.8, 4) is 0 Å². The molecule has 1 aromatic rings. The molecule has 0 bridgehead atoms. The van der Waals surface area contributed by atoms with Crippen LogP contribution in [0.2, 0.25) is 5.02 Å². The van der Waals surface area contributed by atoms with E-state index in [-0.39, 0.29) is 17.9 Å². The molecule has 1 saturated heterocycles. The van der Waals surface area contributed by atoms with E-state index in [1.54, 1.807) is 0 Å². The van der Waals surface area contributed by atoms with Crippen LogP contribution in [0.1, 0.15) is 50.5 Å². The Balaban J connectivity index is 1.57. The highest BCUT2D eigenvalue weighted by Gasteiger charge is 2.50. The third-order valence-electron chi connectivity index (χ3n) is 5.73. The summed E-state index contributed by atoms with van der Waals surface area (Å²) >= 11 is 6.15. The Morgan fingerprint density at radius 3 is 2.58 bits per heavy atom. The number of carbonyl (C=O) groups is 2. The number of hydrogen-bond donors (Lipinski definition) is 1. The maximum absolute atomic E-state index is 13.4. The zero-order valence-electron chi connectivity index (χ0n) is 13.8. The molecule has 1 unspecified atom stereocenters. The molecule has 128 valence electrons. The summed E-state index contributed by atoms with van der Waals surface area (Å²) in [6.45, 7) is 0.684. The Bertz CT molecular complexity index is 667. The second-order valence-electron chi connectivity index (χ2n) is 7.39. The zero-order valence-corrected chi connectivity index (χ0v) is 14.5. The first-order valence-corrected chi connectivity index (χ1v) is 9.35. The molecule has 4 nitrogen and oxygen atoms in total. The van der Waals surface area contributed by atoms with Crippen molar-refractivity contribution < 1.29 is 9.59 Å². The van der Waals surface area contributed by atoms with E-state index in [2.05, 4.69) is 5.32 Å². The fourth-order valence-electron chi connectivity index (χ4n) is 4.02. The normalized spacial score (nSPS) is 25.2. The Labute approximate surface area is 147 Å². The van der Waals surface area contributed by atoms with Crippen molar-refractivity contribution in [2.24, 2.45) is 0 Å². The van der Waals surface area contributed by atoms with Gasteiger partial charge in [0.15, 0.2) is 0 Å². The van der Waals surface area contributed by atoms with Crippen LogP contribution in [0.4, 0.5) is 0 Å². The van der Waals surface area contributed by atoms with Crippen LogP contribution >= 0.6 is 11.6 Å². The predicted octanol–water partition coefficient (Wildman–Crippen LogP) is 3.03. The number of nitrogens with one attached hydrogen (secondary N) is 1. The monoisotopic (exact) mass is 346 g/mol. The zero-order chi connectivity index (χ0) is 16.7. The van der Waals surface area contributed by atoms with E-state index in [1.165, 1.54) is 0 Å². The Kier molecular flexibility index (Phi) is 4.03. The van der Waals surface area contributed by atoms with E-state index in [0.29, 0.717) is 17.6 Å². The lowest BCUT2D eigenvalue weighted by Gasteiger charge is -2.44. The topological polar surface area (TPSA) is 49.4 Å². The minimum Gasteiger partial charge on any atom is -0.352 e. The van der Waals surface area contributed by atoms with Crippen LogP contribution < -0.4 is 5.32 Å². The maximum Gasteiger partial charge on any atom is 0.243 e. The number of hydrogen-bond acceptors (Lipinski definition) is 2. The van der Waals surface area contributed by atoms with Gasteiger partial charge in [-0.2, -0.15) is 0 Å². The van der Waals surface area contributed by atoms with Crippen molar-refractivity contribution in [1.82, 2.24) is 10.2 Å². The Morgan fingerprint density at radius 1 is 1.17 bits per heavy atom. The number of carbonyl (C=O) groups excluding carboxylic acids is 2. The van der Waals surface area contributed by atoms with Gasteiger partial charge in [0.25, 0.3) is 0 Å². The van der Waals surface area contributed by atoms with Crippen LogP contribution in [0, 0.1) is 0 Å². The van der Waals surface area contributed by atoms with Crippen molar-refractivity contribution in [2.75, 3.05) is 6.54 Å². The van der Waals surface area contributed by atoms with Crippen molar-refractivity contribution >= 4 is 23.4 Å². The lowest BCUT2D eigenvalue weighted by Crippen LogP contribution is -2.55. The van der Waals surface area contributed by atoms with Crippen LogP contribution in [0.3, 0.4) is 0 Å². The minimum absolute atomic E-state index is 0.0314. The number of rotatable bonds is 4. The number of benzene rings is 1. The number of nitrogens with zero attached hydrogens (tertiary/aromatic N) is 1. The van der Waals surface area contributed by atoms with Crippen molar-refractivity contribution in [3.63, 3.8) is 0 Å². The molecule has 2 amide bonds. The fourth-order valence-corrected chi connectivity index (χ4v) is 4.22. The molecule has 2 saturated carbocycles. The second-order valence-corrected chi connectivity index (χ2v) is 7.82. The van der Waals surface area contributed by atoms with Gasteiger partial charge < -0.3 is 10.2 Å². The van der Waals surface area contributed by atoms with Gasteiger partial charge in [0, 0.05) is 17.6 Å². The number of halogens is 1. The number of likely N-dealkylation sites (tertiary alicyclic amines) is 1. The molecule has 1 aliphatic heterocycles. The van der Waals surface area contributed by atoms with Crippen LogP contribution in [0.15, 0.2) is 24.3 Å². The molecule has 1 atom stereocenters. The summed E-state index contributed by atoms with van der Waals surface area (Å²) in [7, 11) is 0. The molecule has 0 spiro atoms. The maximum atomic E-state index is 13.4. The number of amides is 2. The molecular weight excluding hydrogens is 324 g/mol. The summed E-state index contributed by atoms with van der Waals surface area (Å²) in [6.07, 6.45) is 6.55. The third kappa shape index (κ3) is 2.71. The van der Waals surface area contributed by atoms with Gasteiger partial charge in [0.05, 0.1) is 5.41 Å². The molecule has 4 rings (SSSR count). The average Bonchev–Trinajstić information content (AvgIpc) is 3.18. The fraction of sp³-hybridized carbons (Fsp3) is 0.579.